The molecule has 0 aliphatic rings. The van der Waals surface area contributed by atoms with E-state index in [0.717, 1.165) is 19.3 Å². The Bertz CT molecular complexity index is 471. The SMILES string of the molecule is CC(N)c1ccc(Sc2ncns2)c(Br)c1. The van der Waals surface area contributed by atoms with Crippen LogP contribution in [0.4, 0.5) is 0 Å². The van der Waals surface area contributed by atoms with Crippen molar-refractivity contribution in [1.29, 1.82) is 0 Å². The monoisotopic (exact) mass is 315 g/mol. The molecule has 3 nitrogen and oxygen atoms in total. The molecule has 84 valence electrons. The van der Waals surface area contributed by atoms with E-state index in [1.165, 1.54) is 11.5 Å². The quantitative estimate of drug-likeness (QED) is 0.942. The first kappa shape index (κ1) is 12.0. The second-order valence-corrected chi connectivity index (χ2v) is 6.21. The summed E-state index contributed by atoms with van der Waals surface area (Å²) in [5, 5.41) is 0. The smallest absolute Gasteiger partial charge is 0.174 e. The fourth-order valence-corrected chi connectivity index (χ4v) is 3.23. The van der Waals surface area contributed by atoms with Crippen LogP contribution in [0, 0.1) is 0 Å². The third-order valence-electron chi connectivity index (χ3n) is 2.02. The molecule has 2 aromatic rings. The van der Waals surface area contributed by atoms with Gasteiger partial charge in [-0.3, -0.25) is 0 Å². The molecule has 0 radical (unpaired) electrons. The molecule has 0 saturated carbocycles. The van der Waals surface area contributed by atoms with Crippen molar-refractivity contribution in [3.63, 3.8) is 0 Å². The minimum atomic E-state index is 0.0527. The zero-order valence-corrected chi connectivity index (χ0v) is 11.8. The molecule has 0 amide bonds. The summed E-state index contributed by atoms with van der Waals surface area (Å²) in [7, 11) is 0. The Morgan fingerprint density at radius 1 is 1.50 bits per heavy atom. The summed E-state index contributed by atoms with van der Waals surface area (Å²) in [5.41, 5.74) is 6.94. The van der Waals surface area contributed by atoms with Gasteiger partial charge in [-0.15, -0.1) is 0 Å². The maximum Gasteiger partial charge on any atom is 0.174 e. The Morgan fingerprint density at radius 3 is 2.88 bits per heavy atom. The molecule has 1 atom stereocenters. The van der Waals surface area contributed by atoms with Crippen LogP contribution in [-0.4, -0.2) is 9.36 Å². The second-order valence-electron chi connectivity index (χ2n) is 3.29. The predicted octanol–water partition coefficient (Wildman–Crippen LogP) is 3.47. The van der Waals surface area contributed by atoms with Crippen LogP contribution < -0.4 is 5.73 Å². The summed E-state index contributed by atoms with van der Waals surface area (Å²) >= 11 is 6.53. The lowest BCUT2D eigenvalue weighted by Crippen LogP contribution is -2.04. The summed E-state index contributed by atoms with van der Waals surface area (Å²) in [6, 6.07) is 6.19. The molecule has 6 heteroatoms. The van der Waals surface area contributed by atoms with Crippen molar-refractivity contribution in [2.45, 2.75) is 22.2 Å². The van der Waals surface area contributed by atoms with Crippen LogP contribution in [0.5, 0.6) is 0 Å². The van der Waals surface area contributed by atoms with Crippen LogP contribution in [-0.2, 0) is 0 Å². The number of hydrogen-bond donors (Lipinski definition) is 1. The summed E-state index contributed by atoms with van der Waals surface area (Å²) in [6.07, 6.45) is 1.57. The molecule has 0 spiro atoms. The number of nitrogens with two attached hydrogens (primary N) is 1. The number of halogens is 1. The number of rotatable bonds is 3. The molecule has 0 bridgehead atoms. The van der Waals surface area contributed by atoms with Gasteiger partial charge in [-0.25, -0.2) is 4.98 Å². The molecule has 1 heterocycles. The van der Waals surface area contributed by atoms with E-state index >= 15 is 0 Å². The topological polar surface area (TPSA) is 51.8 Å². The second kappa shape index (κ2) is 5.27. The highest BCUT2D eigenvalue weighted by Gasteiger charge is 2.07. The first-order valence-electron chi connectivity index (χ1n) is 4.66. The molecular weight excluding hydrogens is 306 g/mol. The lowest BCUT2D eigenvalue weighted by atomic mass is 10.1. The summed E-state index contributed by atoms with van der Waals surface area (Å²) in [5.74, 6) is 0. The Balaban J connectivity index is 2.23. The van der Waals surface area contributed by atoms with E-state index in [1.807, 2.05) is 19.1 Å². The van der Waals surface area contributed by atoms with E-state index in [9.17, 15) is 0 Å². The van der Waals surface area contributed by atoms with Crippen LogP contribution in [0.1, 0.15) is 18.5 Å². The summed E-state index contributed by atoms with van der Waals surface area (Å²) < 4.78 is 5.95. The number of benzene rings is 1. The first-order chi connectivity index (χ1) is 7.66. The van der Waals surface area contributed by atoms with Gasteiger partial charge < -0.3 is 5.73 Å². The highest BCUT2D eigenvalue weighted by molar-refractivity contribution is 9.10. The maximum absolute atomic E-state index is 5.82. The molecule has 16 heavy (non-hydrogen) atoms. The van der Waals surface area contributed by atoms with Crippen LogP contribution in [0.3, 0.4) is 0 Å². The maximum atomic E-state index is 5.82. The summed E-state index contributed by atoms with van der Waals surface area (Å²) in [6.45, 7) is 1.97. The van der Waals surface area contributed by atoms with Gasteiger partial charge in [0.1, 0.15) is 6.33 Å². The normalized spacial score (nSPS) is 12.7. The molecular formula is C10H10BrN3S2. The van der Waals surface area contributed by atoms with E-state index in [1.54, 1.807) is 18.1 Å². The summed E-state index contributed by atoms with van der Waals surface area (Å²) in [4.78, 5) is 5.26. The predicted molar refractivity (Wildman–Crippen MR) is 70.8 cm³/mol. The van der Waals surface area contributed by atoms with Crippen LogP contribution >= 0.6 is 39.2 Å². The molecule has 1 aromatic heterocycles. The Kier molecular flexibility index (Phi) is 3.96. The van der Waals surface area contributed by atoms with E-state index in [0.29, 0.717) is 0 Å². The minimum absolute atomic E-state index is 0.0527. The van der Waals surface area contributed by atoms with Gasteiger partial charge in [0, 0.05) is 15.4 Å². The van der Waals surface area contributed by atoms with E-state index in [-0.39, 0.29) is 6.04 Å². The number of nitrogens with zero attached hydrogens (tertiary/aromatic N) is 2. The minimum Gasteiger partial charge on any atom is -0.324 e. The highest BCUT2D eigenvalue weighted by atomic mass is 79.9. The third kappa shape index (κ3) is 2.82. The van der Waals surface area contributed by atoms with Gasteiger partial charge in [-0.1, -0.05) is 17.8 Å². The van der Waals surface area contributed by atoms with Crippen molar-refractivity contribution >= 4 is 39.2 Å². The lowest BCUT2D eigenvalue weighted by Gasteiger charge is -2.08. The van der Waals surface area contributed by atoms with Crippen LogP contribution in [0.25, 0.3) is 0 Å². The van der Waals surface area contributed by atoms with E-state index in [2.05, 4.69) is 31.4 Å². The van der Waals surface area contributed by atoms with E-state index < -0.39 is 0 Å². The highest BCUT2D eigenvalue weighted by Crippen LogP contribution is 2.34. The number of hydrogen-bond acceptors (Lipinski definition) is 5. The van der Waals surface area contributed by atoms with E-state index in [4.69, 9.17) is 5.73 Å². The molecule has 0 fully saturated rings. The van der Waals surface area contributed by atoms with Crippen LogP contribution in [0.15, 0.2) is 38.2 Å². The van der Waals surface area contributed by atoms with Gasteiger partial charge in [0.15, 0.2) is 4.34 Å². The van der Waals surface area contributed by atoms with Crippen molar-refractivity contribution in [3.05, 3.63) is 34.6 Å². The third-order valence-corrected chi connectivity index (χ3v) is 4.73. The molecule has 2 rings (SSSR count). The largest absolute Gasteiger partial charge is 0.324 e. The molecule has 2 N–H and O–H groups in total. The zero-order chi connectivity index (χ0) is 11.5. The van der Waals surface area contributed by atoms with Crippen molar-refractivity contribution in [2.24, 2.45) is 5.73 Å². The van der Waals surface area contributed by atoms with Gasteiger partial charge in [0.25, 0.3) is 0 Å². The van der Waals surface area contributed by atoms with Gasteiger partial charge in [0.05, 0.1) is 0 Å². The van der Waals surface area contributed by atoms with Crippen molar-refractivity contribution < 1.29 is 0 Å². The fraction of sp³-hybridized carbons (Fsp3) is 0.200. The zero-order valence-electron chi connectivity index (χ0n) is 8.55. The molecule has 0 saturated heterocycles. The standard InChI is InChI=1S/C10H10BrN3S2/c1-6(12)7-2-3-9(8(11)4-7)15-10-13-5-14-16-10/h2-6H,12H2,1H3. The molecule has 1 aromatic carbocycles. The van der Waals surface area contributed by atoms with Gasteiger partial charge in [0.2, 0.25) is 0 Å². The Morgan fingerprint density at radius 2 is 2.31 bits per heavy atom. The number of aromatic nitrogens is 2. The molecule has 1 unspecified atom stereocenters. The first-order valence-corrected chi connectivity index (χ1v) is 7.04. The average molecular weight is 316 g/mol. The Labute approximate surface area is 111 Å². The molecule has 0 aliphatic carbocycles. The van der Waals surface area contributed by atoms with Crippen molar-refractivity contribution in [3.8, 4) is 0 Å². The van der Waals surface area contributed by atoms with Crippen molar-refractivity contribution in [1.82, 2.24) is 9.36 Å². The average Bonchev–Trinajstić information content (AvgIpc) is 2.73. The van der Waals surface area contributed by atoms with Crippen LogP contribution in [0.2, 0.25) is 0 Å². The van der Waals surface area contributed by atoms with Gasteiger partial charge in [-0.2, -0.15) is 4.37 Å². The Hall–Kier alpha value is -0.430. The van der Waals surface area contributed by atoms with Crippen molar-refractivity contribution in [2.75, 3.05) is 0 Å². The van der Waals surface area contributed by atoms with Gasteiger partial charge in [-0.05, 0) is 52.1 Å². The lowest BCUT2D eigenvalue weighted by molar-refractivity contribution is 0.815. The molecule has 0 aliphatic heterocycles. The fourth-order valence-electron chi connectivity index (χ4n) is 1.19. The van der Waals surface area contributed by atoms with Gasteiger partial charge >= 0.3 is 0 Å².